The number of amides is 1. The molecule has 2 N–H and O–H groups in total. The number of amidine groups is 1. The van der Waals surface area contributed by atoms with Crippen molar-refractivity contribution in [2.75, 3.05) is 20.6 Å². The van der Waals surface area contributed by atoms with Gasteiger partial charge in [0.15, 0.2) is 0 Å². The highest BCUT2D eigenvalue weighted by Crippen LogP contribution is 1.88. The lowest BCUT2D eigenvalue weighted by molar-refractivity contribution is -0.128. The van der Waals surface area contributed by atoms with Gasteiger partial charge in [-0.1, -0.05) is 6.92 Å². The second-order valence-corrected chi connectivity index (χ2v) is 2.76. The van der Waals surface area contributed by atoms with E-state index >= 15 is 0 Å². The van der Waals surface area contributed by atoms with Gasteiger partial charge in [-0.15, -0.1) is 0 Å². The molecule has 0 saturated heterocycles. The van der Waals surface area contributed by atoms with E-state index in [0.29, 0.717) is 18.8 Å². The van der Waals surface area contributed by atoms with Crippen molar-refractivity contribution in [2.45, 2.75) is 19.8 Å². The Kier molecular flexibility index (Phi) is 5.08. The first kappa shape index (κ1) is 10.9. The van der Waals surface area contributed by atoms with Crippen molar-refractivity contribution >= 4 is 11.7 Å². The lowest BCUT2D eigenvalue weighted by Crippen LogP contribution is -2.22. The predicted molar refractivity (Wildman–Crippen MR) is 50.1 cm³/mol. The molecular weight excluding hydrogens is 154 g/mol. The van der Waals surface area contributed by atoms with Crippen LogP contribution in [0.5, 0.6) is 0 Å². The first-order chi connectivity index (χ1) is 5.57. The summed E-state index contributed by atoms with van der Waals surface area (Å²) in [7, 11) is 3.46. The Morgan fingerprint density at radius 3 is 2.50 bits per heavy atom. The van der Waals surface area contributed by atoms with Crippen molar-refractivity contribution < 1.29 is 4.79 Å². The Morgan fingerprint density at radius 2 is 2.08 bits per heavy atom. The van der Waals surface area contributed by atoms with Gasteiger partial charge in [-0.3, -0.25) is 9.79 Å². The van der Waals surface area contributed by atoms with E-state index in [-0.39, 0.29) is 5.91 Å². The van der Waals surface area contributed by atoms with Gasteiger partial charge < -0.3 is 10.6 Å². The zero-order valence-corrected chi connectivity index (χ0v) is 8.00. The Morgan fingerprint density at radius 1 is 1.50 bits per heavy atom. The summed E-state index contributed by atoms with van der Waals surface area (Å²) in [6.07, 6.45) is 1.18. The largest absolute Gasteiger partial charge is 0.387 e. The minimum absolute atomic E-state index is 0.0858. The summed E-state index contributed by atoms with van der Waals surface area (Å²) < 4.78 is 0. The number of nitrogens with zero attached hydrogens (tertiary/aromatic N) is 2. The van der Waals surface area contributed by atoms with Gasteiger partial charge in [-0.05, 0) is 0 Å². The van der Waals surface area contributed by atoms with Crippen LogP contribution < -0.4 is 5.73 Å². The molecule has 0 atom stereocenters. The summed E-state index contributed by atoms with van der Waals surface area (Å²) in [5.74, 6) is 0.698. The van der Waals surface area contributed by atoms with Crippen LogP contribution in [0.1, 0.15) is 19.8 Å². The summed E-state index contributed by atoms with van der Waals surface area (Å²) in [5, 5.41) is 0. The Bertz CT molecular complexity index is 175. The van der Waals surface area contributed by atoms with Gasteiger partial charge >= 0.3 is 0 Å². The van der Waals surface area contributed by atoms with Crippen molar-refractivity contribution in [2.24, 2.45) is 10.7 Å². The molecule has 0 unspecified atom stereocenters. The Balaban J connectivity index is 3.63. The van der Waals surface area contributed by atoms with Crippen molar-refractivity contribution in [3.8, 4) is 0 Å². The first-order valence-corrected chi connectivity index (χ1v) is 4.06. The average molecular weight is 171 g/mol. The normalized spacial score (nSPS) is 11.4. The number of carbonyl (C=O) groups is 1. The molecule has 4 heteroatoms. The van der Waals surface area contributed by atoms with E-state index in [9.17, 15) is 4.79 Å². The van der Waals surface area contributed by atoms with Crippen molar-refractivity contribution in [3.63, 3.8) is 0 Å². The summed E-state index contributed by atoms with van der Waals surface area (Å²) in [4.78, 5) is 16.6. The highest BCUT2D eigenvalue weighted by Gasteiger charge is 2.01. The zero-order valence-electron chi connectivity index (χ0n) is 8.00. The quantitative estimate of drug-likeness (QED) is 0.486. The third kappa shape index (κ3) is 4.71. The highest BCUT2D eigenvalue weighted by molar-refractivity contribution is 5.80. The minimum Gasteiger partial charge on any atom is -0.387 e. The maximum Gasteiger partial charge on any atom is 0.223 e. The zero-order chi connectivity index (χ0) is 9.56. The van der Waals surface area contributed by atoms with Crippen LogP contribution in [0.2, 0.25) is 0 Å². The second-order valence-electron chi connectivity index (χ2n) is 2.76. The number of rotatable bonds is 4. The molecule has 0 heterocycles. The fourth-order valence-electron chi connectivity index (χ4n) is 0.631. The van der Waals surface area contributed by atoms with E-state index in [2.05, 4.69) is 4.99 Å². The standard InChI is InChI=1S/C8H17N3O/c1-4-7(9)10-6-5-8(12)11(2)3/h4-6H2,1-3H3,(H2,9,10). The lowest BCUT2D eigenvalue weighted by atomic mass is 10.4. The molecule has 0 aromatic heterocycles. The topological polar surface area (TPSA) is 58.7 Å². The summed E-state index contributed by atoms with van der Waals surface area (Å²) in [5.41, 5.74) is 5.46. The van der Waals surface area contributed by atoms with Crippen LogP contribution in [-0.4, -0.2) is 37.3 Å². The number of aliphatic imine (C=N–C) groups is 1. The molecule has 0 aromatic carbocycles. The second kappa shape index (κ2) is 5.57. The third-order valence-corrected chi connectivity index (χ3v) is 1.50. The fourth-order valence-corrected chi connectivity index (χ4v) is 0.631. The summed E-state index contributed by atoms with van der Waals surface area (Å²) in [6, 6.07) is 0. The van der Waals surface area contributed by atoms with Crippen LogP contribution in [0.4, 0.5) is 0 Å². The van der Waals surface area contributed by atoms with E-state index in [1.54, 1.807) is 19.0 Å². The first-order valence-electron chi connectivity index (χ1n) is 4.06. The van der Waals surface area contributed by atoms with Crippen LogP contribution in [0.15, 0.2) is 4.99 Å². The molecule has 1 amide bonds. The van der Waals surface area contributed by atoms with E-state index in [0.717, 1.165) is 6.42 Å². The molecule has 0 aromatic rings. The number of hydrogen-bond donors (Lipinski definition) is 1. The van der Waals surface area contributed by atoms with E-state index in [4.69, 9.17) is 5.73 Å². The number of hydrogen-bond acceptors (Lipinski definition) is 2. The van der Waals surface area contributed by atoms with Crippen LogP contribution in [0.3, 0.4) is 0 Å². The fraction of sp³-hybridized carbons (Fsp3) is 0.750. The Hall–Kier alpha value is -1.06. The molecule has 0 aliphatic carbocycles. The van der Waals surface area contributed by atoms with Crippen LogP contribution in [0, 0.1) is 0 Å². The van der Waals surface area contributed by atoms with Gasteiger partial charge in [0.05, 0.1) is 5.84 Å². The molecule has 0 saturated carbocycles. The minimum atomic E-state index is 0.0858. The van der Waals surface area contributed by atoms with Gasteiger partial charge in [0.2, 0.25) is 5.91 Å². The Labute approximate surface area is 73.5 Å². The van der Waals surface area contributed by atoms with Gasteiger partial charge in [0.25, 0.3) is 0 Å². The van der Waals surface area contributed by atoms with Gasteiger partial charge in [-0.2, -0.15) is 0 Å². The molecule has 0 spiro atoms. The third-order valence-electron chi connectivity index (χ3n) is 1.50. The van der Waals surface area contributed by atoms with E-state index in [1.165, 1.54) is 0 Å². The maximum atomic E-state index is 11.0. The molecule has 0 aliphatic heterocycles. The molecule has 70 valence electrons. The molecule has 0 radical (unpaired) electrons. The van der Waals surface area contributed by atoms with Gasteiger partial charge in [0, 0.05) is 33.5 Å². The van der Waals surface area contributed by atoms with Crippen LogP contribution in [0.25, 0.3) is 0 Å². The average Bonchev–Trinajstić information content (AvgIpc) is 2.03. The molecule has 12 heavy (non-hydrogen) atoms. The predicted octanol–water partition coefficient (Wildman–Crippen LogP) is 0.232. The SMILES string of the molecule is CCC(N)=NCCC(=O)N(C)C. The molecule has 0 fully saturated rings. The van der Waals surface area contributed by atoms with Crippen molar-refractivity contribution in [1.29, 1.82) is 0 Å². The van der Waals surface area contributed by atoms with Crippen LogP contribution in [-0.2, 0) is 4.79 Å². The maximum absolute atomic E-state index is 11.0. The van der Waals surface area contributed by atoms with E-state index in [1.807, 2.05) is 6.92 Å². The lowest BCUT2D eigenvalue weighted by Gasteiger charge is -2.08. The van der Waals surface area contributed by atoms with Crippen molar-refractivity contribution in [3.05, 3.63) is 0 Å². The summed E-state index contributed by atoms with van der Waals surface area (Å²) >= 11 is 0. The monoisotopic (exact) mass is 171 g/mol. The number of nitrogens with two attached hydrogens (primary N) is 1. The molecule has 0 bridgehead atoms. The molecule has 0 rings (SSSR count). The highest BCUT2D eigenvalue weighted by atomic mass is 16.2. The van der Waals surface area contributed by atoms with Gasteiger partial charge in [0.1, 0.15) is 0 Å². The van der Waals surface area contributed by atoms with Crippen LogP contribution >= 0.6 is 0 Å². The summed E-state index contributed by atoms with van der Waals surface area (Å²) in [6.45, 7) is 2.43. The van der Waals surface area contributed by atoms with Gasteiger partial charge in [-0.25, -0.2) is 0 Å². The smallest absolute Gasteiger partial charge is 0.223 e. The molecule has 0 aliphatic rings. The van der Waals surface area contributed by atoms with E-state index < -0.39 is 0 Å². The number of carbonyl (C=O) groups excluding carboxylic acids is 1. The molecular formula is C8H17N3O. The molecule has 4 nitrogen and oxygen atoms in total. The van der Waals surface area contributed by atoms with Crippen molar-refractivity contribution in [1.82, 2.24) is 4.90 Å².